The van der Waals surface area contributed by atoms with Gasteiger partial charge in [0.2, 0.25) is 0 Å². The fourth-order valence-corrected chi connectivity index (χ4v) is 2.70. The van der Waals surface area contributed by atoms with E-state index in [1.807, 2.05) is 24.3 Å². The molecule has 1 nitrogen and oxygen atoms in total. The molecule has 1 N–H and O–H groups in total. The zero-order valence-corrected chi connectivity index (χ0v) is 13.2. The summed E-state index contributed by atoms with van der Waals surface area (Å²) in [4.78, 5) is 0. The first-order chi connectivity index (χ1) is 9.58. The molecule has 0 aliphatic heterocycles. The lowest BCUT2D eigenvalue weighted by atomic mass is 9.93. The van der Waals surface area contributed by atoms with Crippen molar-refractivity contribution in [2.24, 2.45) is 5.92 Å². The Bertz CT molecular complexity index is 571. The molecule has 0 spiro atoms. The first-order valence-electron chi connectivity index (χ1n) is 6.37. The maximum absolute atomic E-state index is 13.3. The average molecular weight is 358 g/mol. The number of aliphatic hydroxyl groups is 1. The van der Waals surface area contributed by atoms with Gasteiger partial charge in [0.1, 0.15) is 5.82 Å². The van der Waals surface area contributed by atoms with Crippen molar-refractivity contribution >= 4 is 27.5 Å². The van der Waals surface area contributed by atoms with Crippen LogP contribution in [0.2, 0.25) is 5.02 Å². The molecule has 0 aliphatic rings. The van der Waals surface area contributed by atoms with Gasteiger partial charge in [-0.2, -0.15) is 0 Å². The summed E-state index contributed by atoms with van der Waals surface area (Å²) in [5.74, 6) is -0.208. The van der Waals surface area contributed by atoms with Crippen LogP contribution in [0.3, 0.4) is 0 Å². The second-order valence-electron chi connectivity index (χ2n) is 4.82. The van der Waals surface area contributed by atoms with Crippen molar-refractivity contribution in [2.75, 3.05) is 6.61 Å². The van der Waals surface area contributed by atoms with Gasteiger partial charge in [-0.25, -0.2) is 4.39 Å². The smallest absolute Gasteiger partial charge is 0.123 e. The van der Waals surface area contributed by atoms with Gasteiger partial charge in [-0.15, -0.1) is 0 Å². The topological polar surface area (TPSA) is 20.2 Å². The van der Waals surface area contributed by atoms with Crippen molar-refractivity contribution in [3.8, 4) is 0 Å². The summed E-state index contributed by atoms with van der Waals surface area (Å²) in [6.45, 7) is 0.0611. The molecule has 20 heavy (non-hydrogen) atoms. The van der Waals surface area contributed by atoms with Crippen molar-refractivity contribution < 1.29 is 9.50 Å². The van der Waals surface area contributed by atoms with Crippen LogP contribution in [0, 0.1) is 11.7 Å². The van der Waals surface area contributed by atoms with E-state index in [0.717, 1.165) is 22.0 Å². The molecular weight excluding hydrogens is 343 g/mol. The molecule has 0 amide bonds. The highest BCUT2D eigenvalue weighted by Crippen LogP contribution is 2.23. The molecule has 0 heterocycles. The van der Waals surface area contributed by atoms with Crippen LogP contribution in [0.5, 0.6) is 0 Å². The van der Waals surface area contributed by atoms with Crippen molar-refractivity contribution in [3.63, 3.8) is 0 Å². The Hall–Kier alpha value is -0.900. The molecule has 2 aromatic rings. The van der Waals surface area contributed by atoms with Gasteiger partial charge in [-0.1, -0.05) is 39.7 Å². The highest BCUT2D eigenvalue weighted by Gasteiger charge is 2.12. The van der Waals surface area contributed by atoms with E-state index < -0.39 is 0 Å². The molecule has 0 fully saturated rings. The van der Waals surface area contributed by atoms with Crippen molar-refractivity contribution in [2.45, 2.75) is 12.8 Å². The van der Waals surface area contributed by atoms with Crippen molar-refractivity contribution in [1.29, 1.82) is 0 Å². The number of hydrogen-bond donors (Lipinski definition) is 1. The molecule has 0 aromatic heterocycles. The molecule has 0 radical (unpaired) electrons. The molecule has 0 saturated heterocycles. The van der Waals surface area contributed by atoms with Crippen LogP contribution in [-0.2, 0) is 12.8 Å². The fourth-order valence-electron chi connectivity index (χ4n) is 2.17. The molecule has 2 aromatic carbocycles. The van der Waals surface area contributed by atoms with Crippen LogP contribution in [0.25, 0.3) is 0 Å². The second kappa shape index (κ2) is 7.21. The number of aliphatic hydroxyl groups excluding tert-OH is 1. The summed E-state index contributed by atoms with van der Waals surface area (Å²) in [6.07, 6.45) is 1.36. The minimum absolute atomic E-state index is 0.0503. The number of benzene rings is 2. The van der Waals surface area contributed by atoms with Crippen LogP contribution in [0.4, 0.5) is 4.39 Å². The van der Waals surface area contributed by atoms with E-state index in [1.165, 1.54) is 12.1 Å². The number of rotatable bonds is 5. The van der Waals surface area contributed by atoms with E-state index in [1.54, 1.807) is 6.07 Å². The van der Waals surface area contributed by atoms with Gasteiger partial charge < -0.3 is 5.11 Å². The molecule has 0 aliphatic carbocycles. The first kappa shape index (κ1) is 15.5. The Labute approximate surface area is 131 Å². The van der Waals surface area contributed by atoms with Crippen LogP contribution >= 0.6 is 27.5 Å². The molecule has 1 atom stereocenters. The third kappa shape index (κ3) is 4.30. The standard InChI is InChI=1S/C16H15BrClFO/c17-16-6-5-15(19)9-13(16)8-12(10-20)7-11-1-3-14(18)4-2-11/h1-6,9,12,20H,7-8,10H2. The van der Waals surface area contributed by atoms with E-state index >= 15 is 0 Å². The Balaban J connectivity index is 2.08. The molecule has 4 heteroatoms. The monoisotopic (exact) mass is 356 g/mol. The lowest BCUT2D eigenvalue weighted by Crippen LogP contribution is -2.13. The summed E-state index contributed by atoms with van der Waals surface area (Å²) in [6, 6.07) is 12.2. The van der Waals surface area contributed by atoms with Crippen LogP contribution < -0.4 is 0 Å². The Morgan fingerprint density at radius 1 is 1.10 bits per heavy atom. The third-order valence-corrected chi connectivity index (χ3v) is 4.24. The van der Waals surface area contributed by atoms with Crippen LogP contribution in [0.1, 0.15) is 11.1 Å². The molecule has 0 saturated carbocycles. The highest BCUT2D eigenvalue weighted by atomic mass is 79.9. The summed E-state index contributed by atoms with van der Waals surface area (Å²) in [7, 11) is 0. The normalized spacial score (nSPS) is 12.4. The summed E-state index contributed by atoms with van der Waals surface area (Å²) in [5.41, 5.74) is 1.99. The molecule has 106 valence electrons. The maximum atomic E-state index is 13.3. The zero-order valence-electron chi connectivity index (χ0n) is 10.8. The van der Waals surface area contributed by atoms with E-state index in [4.69, 9.17) is 11.6 Å². The third-order valence-electron chi connectivity index (χ3n) is 3.21. The molecule has 2 rings (SSSR count). The minimum atomic E-state index is -0.258. The van der Waals surface area contributed by atoms with Gasteiger partial charge in [-0.3, -0.25) is 0 Å². The van der Waals surface area contributed by atoms with E-state index in [2.05, 4.69) is 15.9 Å². The van der Waals surface area contributed by atoms with Crippen LogP contribution in [-0.4, -0.2) is 11.7 Å². The maximum Gasteiger partial charge on any atom is 0.123 e. The second-order valence-corrected chi connectivity index (χ2v) is 6.11. The van der Waals surface area contributed by atoms with Gasteiger partial charge >= 0.3 is 0 Å². The van der Waals surface area contributed by atoms with Crippen molar-refractivity contribution in [3.05, 3.63) is 68.9 Å². The summed E-state index contributed by atoms with van der Waals surface area (Å²) < 4.78 is 14.1. The fraction of sp³-hybridized carbons (Fsp3) is 0.250. The largest absolute Gasteiger partial charge is 0.396 e. The average Bonchev–Trinajstić information content (AvgIpc) is 2.44. The predicted molar refractivity (Wildman–Crippen MR) is 83.5 cm³/mol. The first-order valence-corrected chi connectivity index (χ1v) is 7.55. The van der Waals surface area contributed by atoms with Gasteiger partial charge in [0.05, 0.1) is 0 Å². The van der Waals surface area contributed by atoms with Gasteiger partial charge in [0.25, 0.3) is 0 Å². The molecular formula is C16H15BrClFO. The van der Waals surface area contributed by atoms with E-state index in [-0.39, 0.29) is 18.3 Å². The van der Waals surface area contributed by atoms with E-state index in [9.17, 15) is 9.50 Å². The van der Waals surface area contributed by atoms with Gasteiger partial charge in [-0.05, 0) is 60.2 Å². The summed E-state index contributed by atoms with van der Waals surface area (Å²) >= 11 is 9.27. The van der Waals surface area contributed by atoms with E-state index in [0.29, 0.717) is 11.4 Å². The highest BCUT2D eigenvalue weighted by molar-refractivity contribution is 9.10. The lowest BCUT2D eigenvalue weighted by Gasteiger charge is -2.15. The Morgan fingerprint density at radius 2 is 1.80 bits per heavy atom. The summed E-state index contributed by atoms with van der Waals surface area (Å²) in [5, 5.41) is 10.2. The molecule has 1 unspecified atom stereocenters. The number of hydrogen-bond acceptors (Lipinski definition) is 1. The predicted octanol–water partition coefficient (Wildman–Crippen LogP) is 4.64. The Kier molecular flexibility index (Phi) is 5.58. The van der Waals surface area contributed by atoms with Crippen LogP contribution in [0.15, 0.2) is 46.9 Å². The molecule has 0 bridgehead atoms. The van der Waals surface area contributed by atoms with Gasteiger partial charge in [0, 0.05) is 16.1 Å². The quantitative estimate of drug-likeness (QED) is 0.827. The SMILES string of the molecule is OCC(Cc1ccc(Cl)cc1)Cc1cc(F)ccc1Br. The van der Waals surface area contributed by atoms with Gasteiger partial charge in [0.15, 0.2) is 0 Å². The zero-order chi connectivity index (χ0) is 14.5. The lowest BCUT2D eigenvalue weighted by molar-refractivity contribution is 0.224. The Morgan fingerprint density at radius 3 is 2.45 bits per heavy atom. The minimum Gasteiger partial charge on any atom is -0.396 e. The number of halogens is 3. The van der Waals surface area contributed by atoms with Crippen molar-refractivity contribution in [1.82, 2.24) is 0 Å².